The molecule has 3 rings (SSSR count). The molecule has 0 aliphatic carbocycles. The average molecular weight is 621 g/mol. The van der Waals surface area contributed by atoms with E-state index in [1.165, 1.54) is 29.2 Å². The molecule has 0 radical (unpaired) electrons. The summed E-state index contributed by atoms with van der Waals surface area (Å²) in [7, 11) is -4.26. The standard InChI is InChI=1S/C30H35Cl2N3O5S/c1-5-40-28-9-7-6-8-27(28)35(41(38,39)26-16-14-25(32)15-17-26)20-29(36)34(19-23-10-12-24(31)13-11-23)22(4)30(37)33-18-21(2)3/h6-17,21-22H,5,18-20H2,1-4H3,(H,33,37)/t22-/m0/s1. The predicted molar refractivity (Wildman–Crippen MR) is 163 cm³/mol. The molecule has 11 heteroatoms. The molecule has 0 saturated heterocycles. The highest BCUT2D eigenvalue weighted by Crippen LogP contribution is 2.33. The van der Waals surface area contributed by atoms with Crippen molar-refractivity contribution >= 4 is 50.7 Å². The number of carbonyl (C=O) groups is 2. The number of benzene rings is 3. The Bertz CT molecular complexity index is 1430. The largest absolute Gasteiger partial charge is 0.492 e. The summed E-state index contributed by atoms with van der Waals surface area (Å²) in [5.74, 6) is -0.409. The van der Waals surface area contributed by atoms with Crippen molar-refractivity contribution in [3.63, 3.8) is 0 Å². The summed E-state index contributed by atoms with van der Waals surface area (Å²) in [6, 6.07) is 18.3. The first-order valence-corrected chi connectivity index (χ1v) is 15.4. The fraction of sp³-hybridized carbons (Fsp3) is 0.333. The number of para-hydroxylation sites is 2. The van der Waals surface area contributed by atoms with Gasteiger partial charge in [-0.3, -0.25) is 13.9 Å². The van der Waals surface area contributed by atoms with E-state index in [0.29, 0.717) is 22.3 Å². The molecular formula is C30H35Cl2N3O5S. The fourth-order valence-corrected chi connectivity index (χ4v) is 5.69. The van der Waals surface area contributed by atoms with E-state index >= 15 is 0 Å². The summed E-state index contributed by atoms with van der Waals surface area (Å²) in [5, 5.41) is 3.77. The predicted octanol–water partition coefficient (Wildman–Crippen LogP) is 5.78. The van der Waals surface area contributed by atoms with Crippen LogP contribution < -0.4 is 14.4 Å². The molecular weight excluding hydrogens is 585 g/mol. The molecule has 3 aromatic rings. The highest BCUT2D eigenvalue weighted by atomic mass is 35.5. The van der Waals surface area contributed by atoms with Crippen LogP contribution in [-0.2, 0) is 26.2 Å². The van der Waals surface area contributed by atoms with Crippen LogP contribution in [0.15, 0.2) is 77.7 Å². The molecule has 1 N–H and O–H groups in total. The van der Waals surface area contributed by atoms with E-state index in [-0.39, 0.29) is 35.6 Å². The Hall–Kier alpha value is -3.27. The summed E-state index contributed by atoms with van der Waals surface area (Å²) in [6.07, 6.45) is 0. The van der Waals surface area contributed by atoms with Gasteiger partial charge >= 0.3 is 0 Å². The number of nitrogens with one attached hydrogen (secondary N) is 1. The van der Waals surface area contributed by atoms with E-state index in [0.717, 1.165) is 9.87 Å². The van der Waals surface area contributed by atoms with Crippen molar-refractivity contribution in [1.82, 2.24) is 10.2 Å². The van der Waals surface area contributed by atoms with E-state index in [2.05, 4.69) is 5.32 Å². The van der Waals surface area contributed by atoms with Gasteiger partial charge in [0.25, 0.3) is 10.0 Å². The van der Waals surface area contributed by atoms with E-state index in [9.17, 15) is 18.0 Å². The zero-order valence-electron chi connectivity index (χ0n) is 23.5. The SMILES string of the molecule is CCOc1ccccc1N(CC(=O)N(Cc1ccc(Cl)cc1)[C@@H](C)C(=O)NCC(C)C)S(=O)(=O)c1ccc(Cl)cc1. The van der Waals surface area contributed by atoms with Crippen LogP contribution in [0.3, 0.4) is 0 Å². The second kappa shape index (κ2) is 14.6. The molecule has 2 amide bonds. The maximum absolute atomic E-state index is 14.0. The molecule has 3 aromatic carbocycles. The summed E-state index contributed by atoms with van der Waals surface area (Å²) < 4.78 is 34.7. The number of rotatable bonds is 13. The lowest BCUT2D eigenvalue weighted by Crippen LogP contribution is -2.51. The van der Waals surface area contributed by atoms with Gasteiger partial charge in [0, 0.05) is 23.1 Å². The van der Waals surface area contributed by atoms with Crippen LogP contribution in [0.4, 0.5) is 5.69 Å². The average Bonchev–Trinajstić information content (AvgIpc) is 2.94. The highest BCUT2D eigenvalue weighted by molar-refractivity contribution is 7.92. The molecule has 0 aliphatic heterocycles. The third-order valence-corrected chi connectivity index (χ3v) is 8.51. The minimum absolute atomic E-state index is 0.0482. The van der Waals surface area contributed by atoms with Crippen LogP contribution in [0, 0.1) is 5.92 Å². The van der Waals surface area contributed by atoms with Gasteiger partial charge in [-0.1, -0.05) is 61.3 Å². The molecule has 0 aliphatic rings. The van der Waals surface area contributed by atoms with Gasteiger partial charge in [-0.05, 0) is 73.9 Å². The van der Waals surface area contributed by atoms with Crippen LogP contribution in [0.5, 0.6) is 5.75 Å². The summed E-state index contributed by atoms with van der Waals surface area (Å²) in [5.41, 5.74) is 0.925. The minimum Gasteiger partial charge on any atom is -0.492 e. The van der Waals surface area contributed by atoms with Crippen molar-refractivity contribution < 1.29 is 22.7 Å². The number of carbonyl (C=O) groups excluding carboxylic acids is 2. The van der Waals surface area contributed by atoms with Gasteiger partial charge in [-0.15, -0.1) is 0 Å². The van der Waals surface area contributed by atoms with Gasteiger partial charge < -0.3 is 15.0 Å². The Balaban J connectivity index is 2.06. The first-order chi connectivity index (χ1) is 19.4. The van der Waals surface area contributed by atoms with Crippen molar-refractivity contribution in [1.29, 1.82) is 0 Å². The minimum atomic E-state index is -4.26. The van der Waals surface area contributed by atoms with Gasteiger partial charge in [-0.2, -0.15) is 0 Å². The molecule has 0 heterocycles. The van der Waals surface area contributed by atoms with Crippen molar-refractivity contribution in [2.45, 2.75) is 45.2 Å². The van der Waals surface area contributed by atoms with Crippen molar-refractivity contribution in [3.05, 3.63) is 88.4 Å². The smallest absolute Gasteiger partial charge is 0.264 e. The summed E-state index contributed by atoms with van der Waals surface area (Å²) >= 11 is 12.1. The summed E-state index contributed by atoms with van der Waals surface area (Å²) in [6.45, 7) is 7.55. The Morgan fingerprint density at radius 1 is 0.902 bits per heavy atom. The fourth-order valence-electron chi connectivity index (χ4n) is 4.01. The van der Waals surface area contributed by atoms with Crippen LogP contribution in [-0.4, -0.2) is 50.9 Å². The van der Waals surface area contributed by atoms with Crippen LogP contribution in [0.25, 0.3) is 0 Å². The summed E-state index contributed by atoms with van der Waals surface area (Å²) in [4.78, 5) is 28.4. The number of hydrogen-bond donors (Lipinski definition) is 1. The number of amides is 2. The molecule has 1 atom stereocenters. The molecule has 0 aromatic heterocycles. The Morgan fingerprint density at radius 2 is 1.49 bits per heavy atom. The van der Waals surface area contributed by atoms with Gasteiger partial charge in [0.1, 0.15) is 18.3 Å². The van der Waals surface area contributed by atoms with Crippen LogP contribution in [0.1, 0.15) is 33.3 Å². The van der Waals surface area contributed by atoms with Crippen molar-refractivity contribution in [2.75, 3.05) is 24.0 Å². The van der Waals surface area contributed by atoms with Crippen LogP contribution >= 0.6 is 23.2 Å². The number of halogens is 2. The maximum atomic E-state index is 14.0. The van der Waals surface area contributed by atoms with E-state index in [4.69, 9.17) is 27.9 Å². The molecule has 220 valence electrons. The molecule has 0 spiro atoms. The molecule has 0 unspecified atom stereocenters. The third-order valence-electron chi connectivity index (χ3n) is 6.23. The van der Waals surface area contributed by atoms with Gasteiger partial charge in [0.05, 0.1) is 17.2 Å². The lowest BCUT2D eigenvalue weighted by Gasteiger charge is -2.32. The lowest BCUT2D eigenvalue weighted by atomic mass is 10.1. The molecule has 41 heavy (non-hydrogen) atoms. The number of hydrogen-bond acceptors (Lipinski definition) is 5. The maximum Gasteiger partial charge on any atom is 0.264 e. The van der Waals surface area contributed by atoms with Gasteiger partial charge in [-0.25, -0.2) is 8.42 Å². The molecule has 0 fully saturated rings. The van der Waals surface area contributed by atoms with Crippen LogP contribution in [0.2, 0.25) is 10.0 Å². The number of anilines is 1. The second-order valence-electron chi connectivity index (χ2n) is 9.83. The third kappa shape index (κ3) is 8.61. The molecule has 8 nitrogen and oxygen atoms in total. The first kappa shape index (κ1) is 32.2. The van der Waals surface area contributed by atoms with E-state index in [1.807, 2.05) is 13.8 Å². The second-order valence-corrected chi connectivity index (χ2v) is 12.6. The quantitative estimate of drug-likeness (QED) is 0.262. The Morgan fingerprint density at radius 3 is 2.07 bits per heavy atom. The number of nitrogens with zero attached hydrogens (tertiary/aromatic N) is 2. The zero-order chi connectivity index (χ0) is 30.2. The van der Waals surface area contributed by atoms with E-state index in [1.54, 1.807) is 62.4 Å². The first-order valence-electron chi connectivity index (χ1n) is 13.3. The van der Waals surface area contributed by atoms with Crippen molar-refractivity contribution in [3.8, 4) is 5.75 Å². The zero-order valence-corrected chi connectivity index (χ0v) is 25.8. The van der Waals surface area contributed by atoms with Gasteiger partial charge in [0.2, 0.25) is 11.8 Å². The highest BCUT2D eigenvalue weighted by Gasteiger charge is 2.33. The topological polar surface area (TPSA) is 96.0 Å². The van der Waals surface area contributed by atoms with E-state index < -0.39 is 28.5 Å². The number of ether oxygens (including phenoxy) is 1. The van der Waals surface area contributed by atoms with Crippen molar-refractivity contribution in [2.24, 2.45) is 5.92 Å². The lowest BCUT2D eigenvalue weighted by molar-refractivity contribution is -0.139. The molecule has 0 saturated carbocycles. The Labute approximate surface area is 252 Å². The molecule has 0 bridgehead atoms. The number of sulfonamides is 1. The van der Waals surface area contributed by atoms with Gasteiger partial charge in [0.15, 0.2) is 0 Å². The Kier molecular flexibility index (Phi) is 11.5. The monoisotopic (exact) mass is 619 g/mol. The normalized spacial score (nSPS) is 12.1.